The van der Waals surface area contributed by atoms with Crippen molar-refractivity contribution in [3.8, 4) is 0 Å². The van der Waals surface area contributed by atoms with Gasteiger partial charge in [0.2, 0.25) is 5.91 Å². The maximum Gasteiger partial charge on any atom is 0.222 e. The van der Waals surface area contributed by atoms with Gasteiger partial charge in [0.15, 0.2) is 5.11 Å². The molecule has 1 amide bonds. The molecule has 1 aromatic carbocycles. The van der Waals surface area contributed by atoms with Crippen molar-refractivity contribution in [2.45, 2.75) is 6.92 Å². The monoisotopic (exact) mass is 246 g/mol. The Morgan fingerprint density at radius 3 is 2.73 bits per heavy atom. The van der Waals surface area contributed by atoms with Crippen LogP contribution in [0.1, 0.15) is 6.92 Å². The number of anilines is 1. The van der Waals surface area contributed by atoms with Gasteiger partial charge >= 0.3 is 0 Å². The molecule has 3 nitrogen and oxygen atoms in total. The molecule has 80 valence electrons. The molecule has 0 heterocycles. The summed E-state index contributed by atoms with van der Waals surface area (Å²) in [7, 11) is 0. The quantitative estimate of drug-likeness (QED) is 0.748. The first-order valence-electron chi connectivity index (χ1n) is 4.02. The van der Waals surface area contributed by atoms with Crippen LogP contribution < -0.4 is 10.6 Å². The predicted octanol–water partition coefficient (Wildman–Crippen LogP) is 2.31. The molecule has 15 heavy (non-hydrogen) atoms. The second-order valence-electron chi connectivity index (χ2n) is 2.76. The van der Waals surface area contributed by atoms with Gasteiger partial charge in [-0.05, 0) is 30.4 Å². The molecule has 0 radical (unpaired) electrons. The van der Waals surface area contributed by atoms with Crippen molar-refractivity contribution in [3.05, 3.63) is 29.0 Å². The Balaban J connectivity index is 2.69. The maximum atomic E-state index is 12.8. The minimum atomic E-state index is -0.507. The average Bonchev–Trinajstić information content (AvgIpc) is 2.10. The van der Waals surface area contributed by atoms with Crippen molar-refractivity contribution in [1.29, 1.82) is 0 Å². The molecule has 0 aliphatic carbocycles. The van der Waals surface area contributed by atoms with Crippen LogP contribution in [0.2, 0.25) is 5.02 Å². The third kappa shape index (κ3) is 3.81. The zero-order valence-corrected chi connectivity index (χ0v) is 9.38. The van der Waals surface area contributed by atoms with Crippen LogP contribution in [0.3, 0.4) is 0 Å². The van der Waals surface area contributed by atoms with E-state index < -0.39 is 5.82 Å². The van der Waals surface area contributed by atoms with Gasteiger partial charge < -0.3 is 10.6 Å². The standard InChI is InChI=1S/C9H8ClFN2OS/c1-5(14)12-9(15)13-6-2-3-8(11)7(10)4-6/h2-4H,1H3,(H2,12,13,14,15). The molecule has 0 bridgehead atoms. The van der Waals surface area contributed by atoms with Crippen LogP contribution in [0.15, 0.2) is 18.2 Å². The molecule has 0 aromatic heterocycles. The summed E-state index contributed by atoms with van der Waals surface area (Å²) < 4.78 is 12.8. The van der Waals surface area contributed by atoms with Crippen LogP contribution in [0.5, 0.6) is 0 Å². The minimum Gasteiger partial charge on any atom is -0.332 e. The lowest BCUT2D eigenvalue weighted by atomic mass is 10.3. The summed E-state index contributed by atoms with van der Waals surface area (Å²) in [5.41, 5.74) is 0.514. The Morgan fingerprint density at radius 1 is 1.53 bits per heavy atom. The van der Waals surface area contributed by atoms with E-state index in [4.69, 9.17) is 23.8 Å². The van der Waals surface area contributed by atoms with Crippen molar-refractivity contribution in [2.24, 2.45) is 0 Å². The Hall–Kier alpha value is -1.20. The zero-order valence-electron chi connectivity index (χ0n) is 7.80. The number of hydrogen-bond acceptors (Lipinski definition) is 2. The van der Waals surface area contributed by atoms with E-state index in [9.17, 15) is 9.18 Å². The average molecular weight is 247 g/mol. The molecule has 0 aliphatic rings. The minimum absolute atomic E-state index is 0.00868. The van der Waals surface area contributed by atoms with Crippen molar-refractivity contribution < 1.29 is 9.18 Å². The number of hydrogen-bond donors (Lipinski definition) is 2. The van der Waals surface area contributed by atoms with Gasteiger partial charge in [-0.3, -0.25) is 4.79 Å². The van der Waals surface area contributed by atoms with E-state index in [1.807, 2.05) is 0 Å². The normalized spacial score (nSPS) is 9.53. The predicted molar refractivity (Wildman–Crippen MR) is 61.4 cm³/mol. The summed E-state index contributed by atoms with van der Waals surface area (Å²) in [5, 5.41) is 5.19. The first-order valence-corrected chi connectivity index (χ1v) is 4.81. The lowest BCUT2D eigenvalue weighted by molar-refractivity contribution is -0.117. The molecule has 0 saturated heterocycles. The molecule has 0 fully saturated rings. The third-order valence-corrected chi connectivity index (χ3v) is 1.96. The van der Waals surface area contributed by atoms with Crippen LogP contribution in [0.4, 0.5) is 10.1 Å². The van der Waals surface area contributed by atoms with Crippen molar-refractivity contribution in [3.63, 3.8) is 0 Å². The van der Waals surface area contributed by atoms with Gasteiger partial charge in [0, 0.05) is 12.6 Å². The number of carbonyl (C=O) groups is 1. The van der Waals surface area contributed by atoms with Gasteiger partial charge in [-0.1, -0.05) is 11.6 Å². The first kappa shape index (κ1) is 11.9. The van der Waals surface area contributed by atoms with Crippen LogP contribution >= 0.6 is 23.8 Å². The summed E-state index contributed by atoms with van der Waals surface area (Å²) in [6.45, 7) is 1.34. The van der Waals surface area contributed by atoms with Gasteiger partial charge in [0.05, 0.1) is 5.02 Å². The van der Waals surface area contributed by atoms with Crippen molar-refractivity contribution in [1.82, 2.24) is 5.32 Å². The number of benzene rings is 1. The SMILES string of the molecule is CC(=O)NC(=S)Nc1ccc(F)c(Cl)c1. The molecule has 1 rings (SSSR count). The Labute approximate surface area is 96.6 Å². The van der Waals surface area contributed by atoms with Crippen LogP contribution in [0, 0.1) is 5.82 Å². The van der Waals surface area contributed by atoms with Gasteiger partial charge in [-0.25, -0.2) is 4.39 Å². The molecule has 0 unspecified atom stereocenters. The first-order chi connectivity index (χ1) is 6.99. The number of nitrogens with one attached hydrogen (secondary N) is 2. The smallest absolute Gasteiger partial charge is 0.222 e. The molecule has 0 aliphatic heterocycles. The fourth-order valence-electron chi connectivity index (χ4n) is 0.896. The van der Waals surface area contributed by atoms with E-state index in [1.54, 1.807) is 0 Å². The van der Waals surface area contributed by atoms with E-state index in [2.05, 4.69) is 10.6 Å². The summed E-state index contributed by atoms with van der Waals surface area (Å²) in [6.07, 6.45) is 0. The molecule has 0 spiro atoms. The maximum absolute atomic E-state index is 12.8. The zero-order chi connectivity index (χ0) is 11.4. The Kier molecular flexibility index (Phi) is 3.99. The molecule has 2 N–H and O–H groups in total. The van der Waals surface area contributed by atoms with E-state index in [1.165, 1.54) is 25.1 Å². The molecule has 6 heteroatoms. The number of rotatable bonds is 1. The molecular formula is C9H8ClFN2OS. The highest BCUT2D eigenvalue weighted by molar-refractivity contribution is 7.80. The second kappa shape index (κ2) is 5.04. The third-order valence-electron chi connectivity index (χ3n) is 1.47. The van der Waals surface area contributed by atoms with Crippen molar-refractivity contribution >= 4 is 40.5 Å². The van der Waals surface area contributed by atoms with Crippen LogP contribution in [-0.2, 0) is 4.79 Å². The number of thiocarbonyl (C=S) groups is 1. The molecule has 0 atom stereocenters. The fraction of sp³-hybridized carbons (Fsp3) is 0.111. The Morgan fingerprint density at radius 2 is 2.20 bits per heavy atom. The lowest BCUT2D eigenvalue weighted by Gasteiger charge is -2.08. The van der Waals surface area contributed by atoms with E-state index >= 15 is 0 Å². The summed E-state index contributed by atoms with van der Waals surface area (Å²) in [6, 6.07) is 4.06. The highest BCUT2D eigenvalue weighted by Crippen LogP contribution is 2.19. The highest BCUT2D eigenvalue weighted by Gasteiger charge is 2.03. The summed E-state index contributed by atoms with van der Waals surface area (Å²) in [4.78, 5) is 10.6. The summed E-state index contributed by atoms with van der Waals surface area (Å²) >= 11 is 10.4. The van der Waals surface area contributed by atoms with Crippen molar-refractivity contribution in [2.75, 3.05) is 5.32 Å². The van der Waals surface area contributed by atoms with E-state index in [-0.39, 0.29) is 16.0 Å². The van der Waals surface area contributed by atoms with E-state index in [0.717, 1.165) is 0 Å². The van der Waals surface area contributed by atoms with Crippen LogP contribution in [0.25, 0.3) is 0 Å². The number of carbonyl (C=O) groups excluding carboxylic acids is 1. The molecular weight excluding hydrogens is 239 g/mol. The van der Waals surface area contributed by atoms with Crippen LogP contribution in [-0.4, -0.2) is 11.0 Å². The second-order valence-corrected chi connectivity index (χ2v) is 3.58. The lowest BCUT2D eigenvalue weighted by Crippen LogP contribution is -2.32. The Bertz CT molecular complexity index is 411. The molecule has 1 aromatic rings. The summed E-state index contributed by atoms with van der Waals surface area (Å²) in [5.74, 6) is -0.784. The molecule has 0 saturated carbocycles. The van der Waals surface area contributed by atoms with Gasteiger partial charge in [-0.2, -0.15) is 0 Å². The topological polar surface area (TPSA) is 41.1 Å². The van der Waals surface area contributed by atoms with Gasteiger partial charge in [0.1, 0.15) is 5.82 Å². The van der Waals surface area contributed by atoms with Gasteiger partial charge in [-0.15, -0.1) is 0 Å². The number of amides is 1. The number of halogens is 2. The fourth-order valence-corrected chi connectivity index (χ4v) is 1.34. The largest absolute Gasteiger partial charge is 0.332 e. The highest BCUT2D eigenvalue weighted by atomic mass is 35.5. The van der Waals surface area contributed by atoms with E-state index in [0.29, 0.717) is 5.69 Å². The van der Waals surface area contributed by atoms with Gasteiger partial charge in [0.25, 0.3) is 0 Å².